The van der Waals surface area contributed by atoms with Crippen LogP contribution in [-0.2, 0) is 4.79 Å². The molecule has 0 fully saturated rings. The van der Waals surface area contributed by atoms with Crippen LogP contribution in [0.3, 0.4) is 0 Å². The van der Waals surface area contributed by atoms with Gasteiger partial charge < -0.3 is 14.8 Å². The third-order valence-electron chi connectivity index (χ3n) is 4.49. The standard InChI is InChI=1S/C19H16F2N4O3/c1-9-4-14-15(28-19(20,21)27-14)5-12(9)13-7-24-16(8-23-13)25-18(26)17-10(2)6-22-11(17)3/h4-5,7-8H,6H2,1-3H3,(H,24,25,26). The molecule has 2 aliphatic rings. The van der Waals surface area contributed by atoms with E-state index in [1.54, 1.807) is 13.8 Å². The van der Waals surface area contributed by atoms with E-state index in [0.717, 1.165) is 5.57 Å². The van der Waals surface area contributed by atoms with Gasteiger partial charge in [-0.25, -0.2) is 4.98 Å². The molecule has 0 radical (unpaired) electrons. The molecule has 0 atom stereocenters. The molecule has 1 N–H and O–H groups in total. The van der Waals surface area contributed by atoms with Crippen LogP contribution in [0.5, 0.6) is 11.5 Å². The smallest absolute Gasteiger partial charge is 0.395 e. The first-order chi connectivity index (χ1) is 13.2. The van der Waals surface area contributed by atoms with E-state index in [2.05, 4.69) is 29.8 Å². The van der Waals surface area contributed by atoms with Crippen molar-refractivity contribution in [2.75, 3.05) is 11.9 Å². The molecule has 7 nitrogen and oxygen atoms in total. The minimum atomic E-state index is -3.68. The maximum Gasteiger partial charge on any atom is 0.586 e. The van der Waals surface area contributed by atoms with Gasteiger partial charge in [0.25, 0.3) is 5.91 Å². The van der Waals surface area contributed by atoms with Crippen LogP contribution in [0.25, 0.3) is 11.3 Å². The second-order valence-corrected chi connectivity index (χ2v) is 6.58. The number of hydrogen-bond acceptors (Lipinski definition) is 6. The number of halogens is 2. The summed E-state index contributed by atoms with van der Waals surface area (Å²) in [7, 11) is 0. The van der Waals surface area contributed by atoms with Crippen LogP contribution in [0.4, 0.5) is 14.6 Å². The monoisotopic (exact) mass is 386 g/mol. The summed E-state index contributed by atoms with van der Waals surface area (Å²) in [6.07, 6.45) is -0.819. The number of carbonyl (C=O) groups is 1. The number of fused-ring (bicyclic) bond motifs is 1. The van der Waals surface area contributed by atoms with Crippen LogP contribution in [-0.4, -0.2) is 34.4 Å². The molecule has 144 valence electrons. The SMILES string of the molecule is CC1=NCC(C)=C1C(=O)Nc1cnc(-c2cc3c(cc2C)OC(F)(F)O3)cn1. The van der Waals surface area contributed by atoms with E-state index >= 15 is 0 Å². The minimum absolute atomic E-state index is 0.0275. The van der Waals surface area contributed by atoms with Crippen molar-refractivity contribution in [2.45, 2.75) is 27.1 Å². The summed E-state index contributed by atoms with van der Waals surface area (Å²) in [5.41, 5.74) is 3.83. The van der Waals surface area contributed by atoms with Crippen LogP contribution in [0.2, 0.25) is 0 Å². The Balaban J connectivity index is 1.56. The fraction of sp³-hybridized carbons (Fsp3) is 0.263. The summed E-state index contributed by atoms with van der Waals surface area (Å²) < 4.78 is 35.4. The zero-order chi connectivity index (χ0) is 20.1. The molecular weight excluding hydrogens is 370 g/mol. The lowest BCUT2D eigenvalue weighted by Gasteiger charge is -2.09. The zero-order valence-electron chi connectivity index (χ0n) is 15.3. The highest BCUT2D eigenvalue weighted by Gasteiger charge is 2.43. The third-order valence-corrected chi connectivity index (χ3v) is 4.49. The van der Waals surface area contributed by atoms with Gasteiger partial charge in [-0.2, -0.15) is 0 Å². The Hall–Kier alpha value is -3.36. The number of carbonyl (C=O) groups excluding carboxylic acids is 1. The van der Waals surface area contributed by atoms with Gasteiger partial charge in [0.1, 0.15) is 0 Å². The summed E-state index contributed by atoms with van der Waals surface area (Å²) in [5.74, 6) is -0.109. The van der Waals surface area contributed by atoms with E-state index < -0.39 is 6.29 Å². The largest absolute Gasteiger partial charge is 0.586 e. The second kappa shape index (κ2) is 6.36. The number of alkyl halides is 2. The average molecular weight is 386 g/mol. The number of aryl methyl sites for hydroxylation is 1. The van der Waals surface area contributed by atoms with Gasteiger partial charge in [-0.3, -0.25) is 14.8 Å². The molecule has 2 aromatic rings. The molecule has 0 saturated carbocycles. The van der Waals surface area contributed by atoms with E-state index in [-0.39, 0.29) is 23.2 Å². The lowest BCUT2D eigenvalue weighted by Crippen LogP contribution is -2.25. The maximum atomic E-state index is 13.2. The predicted octanol–water partition coefficient (Wildman–Crippen LogP) is 3.50. The molecule has 1 aromatic heterocycles. The zero-order valence-corrected chi connectivity index (χ0v) is 15.3. The number of aliphatic imine (C=N–C) groups is 1. The van der Waals surface area contributed by atoms with E-state index in [1.807, 2.05) is 6.92 Å². The van der Waals surface area contributed by atoms with Gasteiger partial charge in [0, 0.05) is 11.3 Å². The number of nitrogens with one attached hydrogen (secondary N) is 1. The fourth-order valence-corrected chi connectivity index (χ4v) is 3.15. The summed E-state index contributed by atoms with van der Waals surface area (Å²) in [5, 5.41) is 2.70. The molecule has 0 bridgehead atoms. The molecule has 1 aromatic carbocycles. The van der Waals surface area contributed by atoms with Crippen molar-refractivity contribution in [3.63, 3.8) is 0 Å². The van der Waals surface area contributed by atoms with Crippen molar-refractivity contribution in [1.29, 1.82) is 0 Å². The van der Waals surface area contributed by atoms with E-state index in [9.17, 15) is 13.6 Å². The van der Waals surface area contributed by atoms with Gasteiger partial charge in [-0.05, 0) is 44.0 Å². The summed E-state index contributed by atoms with van der Waals surface area (Å²) in [6.45, 7) is 5.90. The molecule has 2 aliphatic heterocycles. The molecular formula is C19H16F2N4O3. The third kappa shape index (κ3) is 3.19. The van der Waals surface area contributed by atoms with Crippen molar-refractivity contribution in [1.82, 2.24) is 9.97 Å². The Morgan fingerprint density at radius 3 is 2.43 bits per heavy atom. The van der Waals surface area contributed by atoms with Crippen molar-refractivity contribution in [2.24, 2.45) is 4.99 Å². The van der Waals surface area contributed by atoms with Crippen molar-refractivity contribution in [3.05, 3.63) is 41.2 Å². The highest BCUT2D eigenvalue weighted by molar-refractivity contribution is 6.26. The first-order valence-electron chi connectivity index (χ1n) is 8.49. The van der Waals surface area contributed by atoms with Crippen molar-refractivity contribution < 1.29 is 23.0 Å². The quantitative estimate of drug-likeness (QED) is 0.873. The topological polar surface area (TPSA) is 85.7 Å². The second-order valence-electron chi connectivity index (χ2n) is 6.58. The van der Waals surface area contributed by atoms with Gasteiger partial charge in [0.2, 0.25) is 0 Å². The minimum Gasteiger partial charge on any atom is -0.395 e. The Bertz CT molecular complexity index is 1050. The Labute approximate surface area is 159 Å². The highest BCUT2D eigenvalue weighted by Crippen LogP contribution is 2.44. The van der Waals surface area contributed by atoms with Crippen LogP contribution >= 0.6 is 0 Å². The molecule has 9 heteroatoms. The number of aromatic nitrogens is 2. The number of ether oxygens (including phenoxy) is 2. The van der Waals surface area contributed by atoms with Gasteiger partial charge in [0.05, 0.1) is 30.2 Å². The van der Waals surface area contributed by atoms with E-state index in [0.29, 0.717) is 34.7 Å². The van der Waals surface area contributed by atoms with Crippen LogP contribution in [0, 0.1) is 6.92 Å². The molecule has 4 rings (SSSR count). The predicted molar refractivity (Wildman–Crippen MR) is 97.7 cm³/mol. The summed E-state index contributed by atoms with van der Waals surface area (Å²) in [4.78, 5) is 25.1. The molecule has 1 amide bonds. The summed E-state index contributed by atoms with van der Waals surface area (Å²) >= 11 is 0. The number of nitrogens with zero attached hydrogens (tertiary/aromatic N) is 3. The lowest BCUT2D eigenvalue weighted by molar-refractivity contribution is -0.286. The van der Waals surface area contributed by atoms with Gasteiger partial charge in [-0.15, -0.1) is 8.78 Å². The number of anilines is 1. The number of hydrogen-bond donors (Lipinski definition) is 1. The average Bonchev–Trinajstić information content (AvgIpc) is 3.11. The molecule has 28 heavy (non-hydrogen) atoms. The Morgan fingerprint density at radius 1 is 1.11 bits per heavy atom. The normalized spacial score (nSPS) is 17.0. The molecule has 0 saturated heterocycles. The molecule has 0 aliphatic carbocycles. The number of benzene rings is 1. The van der Waals surface area contributed by atoms with Crippen LogP contribution < -0.4 is 14.8 Å². The first kappa shape index (κ1) is 18.0. The number of amides is 1. The lowest BCUT2D eigenvalue weighted by atomic mass is 10.1. The fourth-order valence-electron chi connectivity index (χ4n) is 3.15. The molecule has 0 spiro atoms. The molecule has 3 heterocycles. The first-order valence-corrected chi connectivity index (χ1v) is 8.49. The maximum absolute atomic E-state index is 13.2. The Kier molecular flexibility index (Phi) is 4.10. The summed E-state index contributed by atoms with van der Waals surface area (Å²) in [6, 6.07) is 2.89. The van der Waals surface area contributed by atoms with Crippen molar-refractivity contribution >= 4 is 17.4 Å². The van der Waals surface area contributed by atoms with Crippen LogP contribution in [0.1, 0.15) is 19.4 Å². The van der Waals surface area contributed by atoms with E-state index in [4.69, 9.17) is 0 Å². The van der Waals surface area contributed by atoms with Gasteiger partial charge in [0.15, 0.2) is 17.3 Å². The van der Waals surface area contributed by atoms with Gasteiger partial charge in [-0.1, -0.05) is 0 Å². The van der Waals surface area contributed by atoms with Crippen molar-refractivity contribution in [3.8, 4) is 22.8 Å². The number of rotatable bonds is 3. The van der Waals surface area contributed by atoms with Gasteiger partial charge >= 0.3 is 6.29 Å². The Morgan fingerprint density at radius 2 is 1.82 bits per heavy atom. The molecule has 0 unspecified atom stereocenters. The van der Waals surface area contributed by atoms with Crippen LogP contribution in [0.15, 0.2) is 40.7 Å². The van der Waals surface area contributed by atoms with E-state index in [1.165, 1.54) is 24.5 Å². The highest BCUT2D eigenvalue weighted by atomic mass is 19.3.